The topological polar surface area (TPSA) is 123 Å². The molecule has 1 aliphatic heterocycles. The first-order chi connectivity index (χ1) is 12.8. The van der Waals surface area contributed by atoms with Gasteiger partial charge >= 0.3 is 5.69 Å². The van der Waals surface area contributed by atoms with Gasteiger partial charge in [0.15, 0.2) is 0 Å². The highest BCUT2D eigenvalue weighted by atomic mass is 79.9. The van der Waals surface area contributed by atoms with Gasteiger partial charge in [-0.15, -0.1) is 11.3 Å². The number of aromatic nitrogens is 1. The fraction of sp³-hybridized carbons (Fsp3) is 0.333. The first kappa shape index (κ1) is 19.9. The number of piperidine rings is 1. The molecule has 144 valence electrons. The molecule has 1 saturated heterocycles. The van der Waals surface area contributed by atoms with Crippen molar-refractivity contribution in [3.63, 3.8) is 0 Å². The lowest BCUT2D eigenvalue weighted by Gasteiger charge is -2.30. The Hall–Kier alpha value is -1.89. The summed E-state index contributed by atoms with van der Waals surface area (Å²) in [5, 5.41) is 13.6. The van der Waals surface area contributed by atoms with Gasteiger partial charge in [0.25, 0.3) is 10.0 Å². The molecule has 0 aromatic carbocycles. The van der Waals surface area contributed by atoms with E-state index in [1.807, 2.05) is 0 Å². The van der Waals surface area contributed by atoms with Crippen molar-refractivity contribution in [1.29, 1.82) is 0 Å². The lowest BCUT2D eigenvalue weighted by atomic mass is 9.97. The number of nitro groups is 1. The van der Waals surface area contributed by atoms with Gasteiger partial charge in [0.2, 0.25) is 5.91 Å². The monoisotopic (exact) mass is 474 g/mol. The molecule has 1 amide bonds. The second-order valence-electron chi connectivity index (χ2n) is 5.88. The van der Waals surface area contributed by atoms with Crippen LogP contribution in [-0.2, 0) is 14.8 Å². The van der Waals surface area contributed by atoms with Crippen LogP contribution in [0.1, 0.15) is 12.8 Å². The summed E-state index contributed by atoms with van der Waals surface area (Å²) >= 11 is 4.39. The Morgan fingerprint density at radius 1 is 1.33 bits per heavy atom. The van der Waals surface area contributed by atoms with E-state index in [0.717, 1.165) is 21.3 Å². The Morgan fingerprint density at radius 2 is 2.04 bits per heavy atom. The zero-order valence-corrected chi connectivity index (χ0v) is 17.1. The average Bonchev–Trinajstić information content (AvgIpc) is 3.09. The lowest BCUT2D eigenvalue weighted by Crippen LogP contribution is -2.41. The molecule has 1 aliphatic rings. The molecule has 27 heavy (non-hydrogen) atoms. The number of carbonyl (C=O) groups excluding carboxylic acids is 1. The lowest BCUT2D eigenvalue weighted by molar-refractivity contribution is -0.384. The zero-order valence-electron chi connectivity index (χ0n) is 13.9. The normalized spacial score (nSPS) is 16.2. The Bertz CT molecular complexity index is 970. The second kappa shape index (κ2) is 8.00. The van der Waals surface area contributed by atoms with Crippen molar-refractivity contribution in [2.24, 2.45) is 5.92 Å². The number of hydrogen-bond acceptors (Lipinski definition) is 7. The number of amides is 1. The van der Waals surface area contributed by atoms with Crippen LogP contribution in [0, 0.1) is 16.0 Å². The van der Waals surface area contributed by atoms with Crippen LogP contribution in [0.4, 0.5) is 11.4 Å². The SMILES string of the molecule is O=C(Nc1ccncc1[N+](=O)[O-])C1CCN(S(=O)(=O)c2ccc(Br)s2)CC1. The number of anilines is 1. The number of rotatable bonds is 5. The van der Waals surface area contributed by atoms with Crippen LogP contribution >= 0.6 is 27.3 Å². The third-order valence-electron chi connectivity index (χ3n) is 4.22. The first-order valence-electron chi connectivity index (χ1n) is 7.94. The number of hydrogen-bond donors (Lipinski definition) is 1. The molecule has 2 aromatic heterocycles. The van der Waals surface area contributed by atoms with Crippen molar-refractivity contribution in [2.45, 2.75) is 17.1 Å². The van der Waals surface area contributed by atoms with Gasteiger partial charge in [0, 0.05) is 25.2 Å². The number of pyridine rings is 1. The number of carbonyl (C=O) groups is 1. The van der Waals surface area contributed by atoms with Crippen molar-refractivity contribution >= 4 is 54.6 Å². The van der Waals surface area contributed by atoms with Crippen molar-refractivity contribution in [1.82, 2.24) is 9.29 Å². The van der Waals surface area contributed by atoms with Crippen LogP contribution in [-0.4, -0.2) is 41.6 Å². The van der Waals surface area contributed by atoms with Crippen molar-refractivity contribution < 1.29 is 18.1 Å². The maximum Gasteiger partial charge on any atom is 0.310 e. The van der Waals surface area contributed by atoms with Crippen LogP contribution < -0.4 is 5.32 Å². The summed E-state index contributed by atoms with van der Waals surface area (Å²) in [7, 11) is -3.57. The molecule has 1 fully saturated rings. The van der Waals surface area contributed by atoms with Crippen molar-refractivity contribution in [3.8, 4) is 0 Å². The molecule has 0 unspecified atom stereocenters. The molecule has 9 nitrogen and oxygen atoms in total. The minimum absolute atomic E-state index is 0.0819. The molecular weight excluding hydrogens is 460 g/mol. The number of nitrogens with zero attached hydrogens (tertiary/aromatic N) is 3. The maximum atomic E-state index is 12.6. The highest BCUT2D eigenvalue weighted by Gasteiger charge is 2.33. The number of sulfonamides is 1. The van der Waals surface area contributed by atoms with Gasteiger partial charge in [0.1, 0.15) is 16.1 Å². The van der Waals surface area contributed by atoms with Crippen LogP contribution in [0.2, 0.25) is 0 Å². The van der Waals surface area contributed by atoms with Gasteiger partial charge in [0.05, 0.1) is 8.71 Å². The van der Waals surface area contributed by atoms with Crippen LogP contribution in [0.15, 0.2) is 38.6 Å². The van der Waals surface area contributed by atoms with E-state index in [-0.39, 0.29) is 34.6 Å². The first-order valence-corrected chi connectivity index (χ1v) is 11.0. The number of nitrogens with one attached hydrogen (secondary N) is 1. The summed E-state index contributed by atoms with van der Waals surface area (Å²) < 4.78 is 27.6. The Labute approximate surface area is 167 Å². The number of halogens is 1. The molecule has 12 heteroatoms. The van der Waals surface area contributed by atoms with E-state index in [2.05, 4.69) is 26.2 Å². The van der Waals surface area contributed by atoms with Gasteiger partial charge in [-0.2, -0.15) is 4.31 Å². The van der Waals surface area contributed by atoms with Crippen LogP contribution in [0.25, 0.3) is 0 Å². The highest BCUT2D eigenvalue weighted by molar-refractivity contribution is 9.11. The molecule has 0 atom stereocenters. The van der Waals surface area contributed by atoms with Crippen molar-refractivity contribution in [3.05, 3.63) is 44.5 Å². The summed E-state index contributed by atoms with van der Waals surface area (Å²) in [5.74, 6) is -0.778. The molecule has 3 heterocycles. The molecule has 1 N–H and O–H groups in total. The Morgan fingerprint density at radius 3 is 2.63 bits per heavy atom. The molecule has 0 radical (unpaired) electrons. The molecule has 0 spiro atoms. The van der Waals surface area contributed by atoms with E-state index in [1.54, 1.807) is 12.1 Å². The quantitative estimate of drug-likeness (QED) is 0.524. The molecular formula is C15H15BrN4O5S2. The fourth-order valence-corrected chi connectivity index (χ4v) is 6.43. The van der Waals surface area contributed by atoms with Gasteiger partial charge < -0.3 is 5.32 Å². The zero-order chi connectivity index (χ0) is 19.6. The van der Waals surface area contributed by atoms with Gasteiger partial charge in [-0.05, 0) is 47.0 Å². The highest BCUT2D eigenvalue weighted by Crippen LogP contribution is 2.31. The summed E-state index contributed by atoms with van der Waals surface area (Å²) in [6.45, 7) is 0.433. The fourth-order valence-electron chi connectivity index (χ4n) is 2.79. The molecule has 2 aromatic rings. The van der Waals surface area contributed by atoms with E-state index >= 15 is 0 Å². The van der Waals surface area contributed by atoms with Gasteiger partial charge in [-0.3, -0.25) is 19.9 Å². The van der Waals surface area contributed by atoms with Crippen LogP contribution in [0.5, 0.6) is 0 Å². The number of thiophene rings is 1. The predicted octanol–water partition coefficient (Wildman–Crippen LogP) is 2.85. The van der Waals surface area contributed by atoms with Crippen LogP contribution in [0.3, 0.4) is 0 Å². The third kappa shape index (κ3) is 4.34. The van der Waals surface area contributed by atoms with E-state index in [0.29, 0.717) is 12.8 Å². The second-order valence-corrected chi connectivity index (χ2v) is 10.5. The van der Waals surface area contributed by atoms with Crippen molar-refractivity contribution in [2.75, 3.05) is 18.4 Å². The average molecular weight is 475 g/mol. The summed E-state index contributed by atoms with van der Waals surface area (Å²) in [6.07, 6.45) is 3.12. The van der Waals surface area contributed by atoms with E-state index < -0.39 is 20.9 Å². The summed E-state index contributed by atoms with van der Waals surface area (Å²) in [5.41, 5.74) is -0.201. The van der Waals surface area contributed by atoms with Gasteiger partial charge in [-0.25, -0.2) is 8.42 Å². The van der Waals surface area contributed by atoms with Gasteiger partial charge in [-0.1, -0.05) is 0 Å². The molecule has 0 saturated carbocycles. The molecule has 0 bridgehead atoms. The van der Waals surface area contributed by atoms with E-state index in [9.17, 15) is 23.3 Å². The predicted molar refractivity (Wildman–Crippen MR) is 103 cm³/mol. The molecule has 3 rings (SSSR count). The standard InChI is InChI=1S/C15H15BrN4O5S2/c16-13-1-2-14(26-13)27(24,25)19-7-4-10(5-8-19)15(21)18-11-3-6-17-9-12(11)20(22)23/h1-3,6,9-10H,4-5,7-8H2,(H,17,18,21). The largest absolute Gasteiger partial charge is 0.320 e. The summed E-state index contributed by atoms with van der Waals surface area (Å²) in [6, 6.07) is 4.59. The smallest absolute Gasteiger partial charge is 0.310 e. The molecule has 0 aliphatic carbocycles. The third-order valence-corrected chi connectivity index (χ3v) is 8.21. The Balaban J connectivity index is 1.64. The van der Waals surface area contributed by atoms with E-state index in [4.69, 9.17) is 0 Å². The summed E-state index contributed by atoms with van der Waals surface area (Å²) in [4.78, 5) is 26.5. The minimum Gasteiger partial charge on any atom is -0.320 e. The minimum atomic E-state index is -3.57. The maximum absolute atomic E-state index is 12.6. The Kier molecular flexibility index (Phi) is 5.89. The van der Waals surface area contributed by atoms with E-state index in [1.165, 1.54) is 16.6 Å².